The molecule has 13 heteroatoms. The van der Waals surface area contributed by atoms with Crippen molar-refractivity contribution in [2.75, 3.05) is 59.2 Å². The molecule has 4 aromatic rings. The van der Waals surface area contributed by atoms with E-state index in [1.54, 1.807) is 34.1 Å². The molecule has 3 aliphatic heterocycles. The maximum absolute atomic E-state index is 15.1. The third kappa shape index (κ3) is 5.45. The molecule has 1 spiro atoms. The van der Waals surface area contributed by atoms with E-state index in [1.807, 2.05) is 17.0 Å². The first kappa shape index (κ1) is 27.5. The van der Waals surface area contributed by atoms with Crippen LogP contribution >= 0.6 is 0 Å². The van der Waals surface area contributed by atoms with Crippen LogP contribution in [0.1, 0.15) is 16.1 Å². The van der Waals surface area contributed by atoms with E-state index in [9.17, 15) is 4.79 Å². The van der Waals surface area contributed by atoms with Crippen molar-refractivity contribution in [3.63, 3.8) is 0 Å². The van der Waals surface area contributed by atoms with Crippen LogP contribution in [0.25, 0.3) is 16.7 Å². The number of ether oxygens (including phenoxy) is 3. The van der Waals surface area contributed by atoms with Gasteiger partial charge in [-0.15, -0.1) is 0 Å². The summed E-state index contributed by atoms with van der Waals surface area (Å²) in [5.41, 5.74) is 0.927. The van der Waals surface area contributed by atoms with Crippen LogP contribution in [-0.4, -0.2) is 116 Å². The molecule has 3 saturated heterocycles. The number of rotatable bonds is 6. The van der Waals surface area contributed by atoms with Crippen LogP contribution in [0, 0.1) is 11.6 Å². The van der Waals surface area contributed by atoms with Gasteiger partial charge in [0.05, 0.1) is 0 Å². The van der Waals surface area contributed by atoms with Crippen molar-refractivity contribution in [3.05, 3.63) is 71.8 Å². The van der Waals surface area contributed by atoms with Crippen LogP contribution in [-0.2, 0) is 20.8 Å². The van der Waals surface area contributed by atoms with Gasteiger partial charge in [-0.2, -0.15) is 0 Å². The number of amides is 1. The summed E-state index contributed by atoms with van der Waals surface area (Å²) < 4.78 is 50.0. The predicted molar refractivity (Wildman–Crippen MR) is 150 cm³/mol. The van der Waals surface area contributed by atoms with Crippen LogP contribution in [0.5, 0.6) is 0 Å². The van der Waals surface area contributed by atoms with E-state index < -0.39 is 33.0 Å². The average molecular weight is 637 g/mol. The van der Waals surface area contributed by atoms with Gasteiger partial charge in [-0.05, 0) is 0 Å². The summed E-state index contributed by atoms with van der Waals surface area (Å²) in [6.07, 6.45) is 5.08. The fourth-order valence-corrected chi connectivity index (χ4v) is 7.16. The van der Waals surface area contributed by atoms with Gasteiger partial charge in [-0.25, -0.2) is 0 Å². The minimum absolute atomic E-state index is 0.0498. The van der Waals surface area contributed by atoms with Crippen molar-refractivity contribution < 1.29 is 27.8 Å². The van der Waals surface area contributed by atoms with E-state index in [0.717, 1.165) is 9.74 Å². The second kappa shape index (κ2) is 11.4. The normalized spacial score (nSPS) is 19.1. The Morgan fingerprint density at radius 3 is 2.57 bits per heavy atom. The number of carbonyl (C=O) groups excluding carboxylic acids is 1. The van der Waals surface area contributed by atoms with Gasteiger partial charge in [0.2, 0.25) is 0 Å². The van der Waals surface area contributed by atoms with E-state index >= 15 is 8.78 Å². The monoisotopic (exact) mass is 637 g/mol. The van der Waals surface area contributed by atoms with Crippen molar-refractivity contribution >= 4 is 41.7 Å². The quantitative estimate of drug-likeness (QED) is 0.287. The van der Waals surface area contributed by atoms with Gasteiger partial charge in [0, 0.05) is 0 Å². The van der Waals surface area contributed by atoms with E-state index in [4.69, 9.17) is 19.2 Å². The van der Waals surface area contributed by atoms with Crippen LogP contribution in [0.15, 0.2) is 48.9 Å². The number of pyridine rings is 1. The zero-order chi connectivity index (χ0) is 28.7. The van der Waals surface area contributed by atoms with Gasteiger partial charge < -0.3 is 4.74 Å². The standard InChI is InChI=1S/C29H28AsF2N6O4/c31-23-12-21(13-24(32)22(23)15-36-5-8-40-9-6-36)38-4-2-19-14-34-28(35-26(19)38)30-20-1-3-33-25(11-20)27(39)37-7-10-42-29(16-37)17-41-18-29/h1-4,11-14H,5-10,15-18H2. The van der Waals surface area contributed by atoms with Crippen molar-refractivity contribution in [2.45, 2.75) is 12.1 Å². The van der Waals surface area contributed by atoms with Crippen molar-refractivity contribution in [3.8, 4) is 5.69 Å². The molecule has 0 saturated carbocycles. The molecular formula is C29H28AsF2N6O4. The van der Waals surface area contributed by atoms with Gasteiger partial charge in [-0.1, -0.05) is 0 Å². The zero-order valence-corrected chi connectivity index (χ0v) is 24.6. The molecule has 3 aromatic heterocycles. The molecule has 7 rings (SSSR count). The molecule has 3 aliphatic rings. The summed E-state index contributed by atoms with van der Waals surface area (Å²) in [7, 11) is 0. The number of hydrogen-bond donors (Lipinski definition) is 0. The summed E-state index contributed by atoms with van der Waals surface area (Å²) >= 11 is -0.686. The molecular weight excluding hydrogens is 609 g/mol. The summed E-state index contributed by atoms with van der Waals surface area (Å²) in [6.45, 7) is 5.04. The SMILES string of the molecule is O=C(c1cc([As]c2ncc3ccn(-c4cc(F)c(CN5CCOCC5)c(F)c4)c3n2)ccn1)N1CCOC2(COC2)C1. The third-order valence-corrected chi connectivity index (χ3v) is 9.76. The van der Waals surface area contributed by atoms with Crippen LogP contribution in [0.3, 0.4) is 0 Å². The number of fused-ring (bicyclic) bond motifs is 1. The Kier molecular flexibility index (Phi) is 7.49. The second-order valence-electron chi connectivity index (χ2n) is 10.7. The Labute approximate surface area is 247 Å². The maximum atomic E-state index is 15.1. The first-order chi connectivity index (χ1) is 20.5. The first-order valence-electron chi connectivity index (χ1n) is 13.8. The number of carbonyl (C=O) groups is 1. The summed E-state index contributed by atoms with van der Waals surface area (Å²) in [4.78, 5) is 30.6. The third-order valence-electron chi connectivity index (χ3n) is 7.76. The van der Waals surface area contributed by atoms with Crippen LogP contribution in [0.4, 0.5) is 8.78 Å². The Hall–Kier alpha value is -3.28. The first-order valence-corrected chi connectivity index (χ1v) is 15.7. The Bertz CT molecular complexity index is 1620. The van der Waals surface area contributed by atoms with E-state index in [-0.39, 0.29) is 18.0 Å². The van der Waals surface area contributed by atoms with Crippen molar-refractivity contribution in [1.29, 1.82) is 0 Å². The molecule has 1 aromatic carbocycles. The molecule has 0 aliphatic carbocycles. The number of nitrogens with zero attached hydrogens (tertiary/aromatic N) is 6. The number of hydrogen-bond acceptors (Lipinski definition) is 8. The Morgan fingerprint density at radius 2 is 1.81 bits per heavy atom. The molecule has 3 fully saturated rings. The van der Waals surface area contributed by atoms with Gasteiger partial charge in [0.25, 0.3) is 0 Å². The summed E-state index contributed by atoms with van der Waals surface area (Å²) in [5.74, 6) is -1.33. The van der Waals surface area contributed by atoms with E-state index in [2.05, 4.69) is 9.97 Å². The number of aromatic nitrogens is 4. The second-order valence-corrected chi connectivity index (χ2v) is 13.1. The van der Waals surface area contributed by atoms with Crippen molar-refractivity contribution in [1.82, 2.24) is 29.3 Å². The molecule has 10 nitrogen and oxygen atoms in total. The zero-order valence-electron chi connectivity index (χ0n) is 22.7. The van der Waals surface area contributed by atoms with Gasteiger partial charge in [0.15, 0.2) is 0 Å². The van der Waals surface area contributed by atoms with E-state index in [1.165, 1.54) is 12.1 Å². The van der Waals surface area contributed by atoms with Crippen molar-refractivity contribution in [2.24, 2.45) is 0 Å². The average Bonchev–Trinajstić information content (AvgIpc) is 3.42. The molecule has 0 N–H and O–H groups in total. The summed E-state index contributed by atoms with van der Waals surface area (Å²) in [6, 6.07) is 8.17. The topological polar surface area (TPSA) is 94.8 Å². The summed E-state index contributed by atoms with van der Waals surface area (Å²) in [5, 5.41) is 0.755. The van der Waals surface area contributed by atoms with E-state index in [0.29, 0.717) is 80.9 Å². The van der Waals surface area contributed by atoms with Gasteiger partial charge in [-0.3, -0.25) is 0 Å². The fraction of sp³-hybridized carbons (Fsp3) is 0.379. The molecule has 0 bridgehead atoms. The Morgan fingerprint density at radius 1 is 1.00 bits per heavy atom. The fourth-order valence-electron chi connectivity index (χ4n) is 5.44. The predicted octanol–water partition coefficient (Wildman–Crippen LogP) is 0.822. The number of benzene rings is 1. The molecule has 0 atom stereocenters. The molecule has 217 valence electrons. The molecule has 42 heavy (non-hydrogen) atoms. The van der Waals surface area contributed by atoms with Gasteiger partial charge in [0.1, 0.15) is 0 Å². The Balaban J connectivity index is 1.11. The molecule has 6 heterocycles. The minimum atomic E-state index is -0.686. The molecule has 0 unspecified atom stereocenters. The van der Waals surface area contributed by atoms with Crippen LogP contribution < -0.4 is 8.96 Å². The molecule has 1 amide bonds. The van der Waals surface area contributed by atoms with Crippen LogP contribution in [0.2, 0.25) is 0 Å². The molecule has 1 radical (unpaired) electrons. The number of halogens is 2. The van der Waals surface area contributed by atoms with Gasteiger partial charge >= 0.3 is 243 Å². The number of morpholine rings is 2.